The van der Waals surface area contributed by atoms with E-state index in [1.54, 1.807) is 30.3 Å². The monoisotopic (exact) mass is 459 g/mol. The second kappa shape index (κ2) is 9.37. The van der Waals surface area contributed by atoms with E-state index in [-0.39, 0.29) is 21.9 Å². The summed E-state index contributed by atoms with van der Waals surface area (Å²) in [5.41, 5.74) is 2.65. The summed E-state index contributed by atoms with van der Waals surface area (Å²) in [6.45, 7) is 0. The Balaban J connectivity index is 1.76. The van der Waals surface area contributed by atoms with Gasteiger partial charge in [0.1, 0.15) is 4.90 Å². The van der Waals surface area contributed by atoms with Crippen LogP contribution in [0.2, 0.25) is 5.02 Å². The van der Waals surface area contributed by atoms with Crippen LogP contribution in [0.25, 0.3) is 0 Å². The Bertz CT molecular complexity index is 1260. The Kier molecular flexibility index (Phi) is 6.63. The van der Waals surface area contributed by atoms with Crippen LogP contribution in [-0.4, -0.2) is 25.5 Å². The zero-order chi connectivity index (χ0) is 22.4. The number of para-hydroxylation sites is 1. The van der Waals surface area contributed by atoms with Crippen LogP contribution in [0.4, 0.5) is 5.69 Å². The van der Waals surface area contributed by atoms with Crippen LogP contribution in [0.3, 0.4) is 0 Å². The van der Waals surface area contributed by atoms with Gasteiger partial charge in [0.15, 0.2) is 5.75 Å². The summed E-state index contributed by atoms with van der Waals surface area (Å²) >= 11 is 5.85. The van der Waals surface area contributed by atoms with Crippen molar-refractivity contribution in [2.45, 2.75) is 4.90 Å². The van der Waals surface area contributed by atoms with Crippen LogP contribution in [0, 0.1) is 10.1 Å². The molecule has 0 spiro atoms. The van der Waals surface area contributed by atoms with Gasteiger partial charge in [0.2, 0.25) is 0 Å². The number of nitrogens with one attached hydrogen (secondary N) is 1. The quantitative estimate of drug-likeness (QED) is 0.248. The van der Waals surface area contributed by atoms with E-state index >= 15 is 0 Å². The first-order valence-corrected chi connectivity index (χ1v) is 10.4. The lowest BCUT2D eigenvalue weighted by atomic mass is 10.2. The van der Waals surface area contributed by atoms with Gasteiger partial charge >= 0.3 is 10.1 Å². The van der Waals surface area contributed by atoms with Crippen molar-refractivity contribution in [2.24, 2.45) is 5.10 Å². The molecule has 1 amide bonds. The Hall–Kier alpha value is -3.76. The number of carbonyl (C=O) groups is 1. The summed E-state index contributed by atoms with van der Waals surface area (Å²) in [4.78, 5) is 21.9. The fourth-order valence-corrected chi connectivity index (χ4v) is 3.56. The number of hydrogen-bond donors (Lipinski definition) is 1. The molecule has 0 aliphatic carbocycles. The van der Waals surface area contributed by atoms with E-state index < -0.39 is 20.9 Å². The fraction of sp³-hybridized carbons (Fsp3) is 0. The molecule has 31 heavy (non-hydrogen) atoms. The molecule has 3 aromatic rings. The van der Waals surface area contributed by atoms with Crippen molar-refractivity contribution in [1.82, 2.24) is 5.43 Å². The van der Waals surface area contributed by atoms with Crippen LogP contribution < -0.4 is 9.61 Å². The van der Waals surface area contributed by atoms with Crippen LogP contribution in [0.15, 0.2) is 82.8 Å². The number of carbonyl (C=O) groups excluding carboxylic acids is 1. The molecule has 1 N–H and O–H groups in total. The normalized spacial score (nSPS) is 11.3. The number of halogens is 1. The highest BCUT2D eigenvalue weighted by molar-refractivity contribution is 7.87. The van der Waals surface area contributed by atoms with Gasteiger partial charge in [0.05, 0.1) is 11.1 Å². The van der Waals surface area contributed by atoms with Gasteiger partial charge in [-0.3, -0.25) is 14.9 Å². The van der Waals surface area contributed by atoms with E-state index in [0.29, 0.717) is 10.6 Å². The smallest absolute Gasteiger partial charge is 0.339 e. The number of benzene rings is 3. The number of non-ortho nitro benzene ring substituents is 1. The molecule has 3 aromatic carbocycles. The maximum Gasteiger partial charge on any atom is 0.339 e. The van der Waals surface area contributed by atoms with E-state index in [0.717, 1.165) is 24.3 Å². The fourth-order valence-electron chi connectivity index (χ4n) is 2.42. The zero-order valence-corrected chi connectivity index (χ0v) is 17.2. The van der Waals surface area contributed by atoms with Crippen molar-refractivity contribution in [3.05, 3.63) is 99.1 Å². The highest BCUT2D eigenvalue weighted by Gasteiger charge is 2.19. The summed E-state index contributed by atoms with van der Waals surface area (Å²) in [7, 11) is -4.25. The van der Waals surface area contributed by atoms with Crippen LogP contribution in [0.1, 0.15) is 15.9 Å². The van der Waals surface area contributed by atoms with Gasteiger partial charge in [-0.15, -0.1) is 0 Å². The van der Waals surface area contributed by atoms with E-state index in [9.17, 15) is 23.3 Å². The summed E-state index contributed by atoms with van der Waals surface area (Å²) < 4.78 is 30.2. The minimum absolute atomic E-state index is 0.0402. The summed E-state index contributed by atoms with van der Waals surface area (Å²) in [5.74, 6) is -0.544. The third kappa shape index (κ3) is 5.65. The van der Waals surface area contributed by atoms with Gasteiger partial charge in [-0.1, -0.05) is 29.8 Å². The van der Waals surface area contributed by atoms with Gasteiger partial charge in [-0.2, -0.15) is 13.5 Å². The van der Waals surface area contributed by atoms with Crippen molar-refractivity contribution in [1.29, 1.82) is 0 Å². The minimum Gasteiger partial charge on any atom is -0.378 e. The van der Waals surface area contributed by atoms with E-state index in [1.165, 1.54) is 24.4 Å². The topological polar surface area (TPSA) is 128 Å². The Morgan fingerprint density at radius 1 is 1.06 bits per heavy atom. The average Bonchev–Trinajstić information content (AvgIpc) is 2.74. The van der Waals surface area contributed by atoms with Crippen LogP contribution >= 0.6 is 11.6 Å². The molecule has 0 radical (unpaired) electrons. The predicted octanol–water partition coefficient (Wildman–Crippen LogP) is 3.78. The molecule has 0 aromatic heterocycles. The van der Waals surface area contributed by atoms with Gasteiger partial charge in [-0.05, 0) is 42.5 Å². The Morgan fingerprint density at radius 2 is 1.77 bits per heavy atom. The molecular formula is C20H14ClN3O6S. The maximum atomic E-state index is 12.5. The maximum absolute atomic E-state index is 12.5. The largest absolute Gasteiger partial charge is 0.378 e. The first kappa shape index (κ1) is 21.9. The molecule has 0 aliphatic heterocycles. The van der Waals surface area contributed by atoms with Crippen molar-refractivity contribution in [3.63, 3.8) is 0 Å². The lowest BCUT2D eigenvalue weighted by molar-refractivity contribution is -0.384. The summed E-state index contributed by atoms with van der Waals surface area (Å²) in [6.07, 6.45) is 1.23. The molecule has 0 unspecified atom stereocenters. The Labute approximate surface area is 182 Å². The summed E-state index contributed by atoms with van der Waals surface area (Å²) in [6, 6.07) is 16.7. The molecule has 0 bridgehead atoms. The molecule has 3 rings (SSSR count). The number of amides is 1. The third-order valence-corrected chi connectivity index (χ3v) is 5.39. The highest BCUT2D eigenvalue weighted by atomic mass is 35.5. The van der Waals surface area contributed by atoms with Crippen molar-refractivity contribution in [2.75, 3.05) is 0 Å². The molecular weight excluding hydrogens is 446 g/mol. The lowest BCUT2D eigenvalue weighted by Crippen LogP contribution is -2.17. The molecule has 0 saturated heterocycles. The van der Waals surface area contributed by atoms with Gasteiger partial charge in [0.25, 0.3) is 11.6 Å². The third-order valence-electron chi connectivity index (χ3n) is 3.91. The summed E-state index contributed by atoms with van der Waals surface area (Å²) in [5, 5.41) is 14.9. The average molecular weight is 460 g/mol. The SMILES string of the molecule is O=C(N/N=C\c1ccccc1OS(=O)(=O)c1ccc([N+](=O)[O-])cc1)c1cccc(Cl)c1. The highest BCUT2D eigenvalue weighted by Crippen LogP contribution is 2.23. The van der Waals surface area contributed by atoms with Gasteiger partial charge < -0.3 is 4.18 Å². The minimum atomic E-state index is -4.25. The molecule has 0 fully saturated rings. The van der Waals surface area contributed by atoms with Gasteiger partial charge in [0, 0.05) is 28.3 Å². The van der Waals surface area contributed by atoms with Crippen molar-refractivity contribution < 1.29 is 22.3 Å². The predicted molar refractivity (Wildman–Crippen MR) is 114 cm³/mol. The molecule has 9 nitrogen and oxygen atoms in total. The van der Waals surface area contributed by atoms with E-state index in [1.807, 2.05) is 0 Å². The number of nitro groups is 1. The number of nitro benzene ring substituents is 1. The standard InChI is InChI=1S/C20H14ClN3O6S/c21-16-6-3-5-14(12-16)20(25)23-22-13-15-4-1-2-7-19(15)30-31(28,29)18-10-8-17(9-11-18)24(26)27/h1-13H,(H,23,25)/b22-13-. The number of nitrogens with zero attached hydrogens (tertiary/aromatic N) is 2. The first-order valence-electron chi connectivity index (χ1n) is 8.63. The van der Waals surface area contributed by atoms with Crippen LogP contribution in [-0.2, 0) is 10.1 Å². The van der Waals surface area contributed by atoms with E-state index in [4.69, 9.17) is 15.8 Å². The second-order valence-corrected chi connectivity index (χ2v) is 8.02. The molecule has 158 valence electrons. The molecule has 0 atom stereocenters. The number of hydrazone groups is 1. The molecule has 0 heterocycles. The number of hydrogen-bond acceptors (Lipinski definition) is 7. The van der Waals surface area contributed by atoms with E-state index in [2.05, 4.69) is 10.5 Å². The van der Waals surface area contributed by atoms with Crippen molar-refractivity contribution in [3.8, 4) is 5.75 Å². The zero-order valence-electron chi connectivity index (χ0n) is 15.6. The van der Waals surface area contributed by atoms with Crippen LogP contribution in [0.5, 0.6) is 5.75 Å². The first-order chi connectivity index (χ1) is 14.8. The van der Waals surface area contributed by atoms with Crippen molar-refractivity contribution >= 4 is 39.5 Å². The number of rotatable bonds is 7. The second-order valence-electron chi connectivity index (χ2n) is 6.04. The van der Waals surface area contributed by atoms with Gasteiger partial charge in [-0.25, -0.2) is 5.43 Å². The Morgan fingerprint density at radius 3 is 2.45 bits per heavy atom. The molecule has 0 aliphatic rings. The molecule has 11 heteroatoms. The molecule has 0 saturated carbocycles. The lowest BCUT2D eigenvalue weighted by Gasteiger charge is -2.09.